The number of nitrogens with one attached hydrogen (secondary N) is 1. The number of fused-ring (bicyclic) bond motifs is 1. The Balaban J connectivity index is 1.52. The van der Waals surface area contributed by atoms with Crippen LogP contribution in [0, 0.1) is 12.8 Å². The predicted octanol–water partition coefficient (Wildman–Crippen LogP) is 3.66. The Bertz CT molecular complexity index is 654. The number of imidazole rings is 1. The van der Waals surface area contributed by atoms with Crippen molar-refractivity contribution in [1.82, 2.24) is 14.7 Å². The lowest BCUT2D eigenvalue weighted by molar-refractivity contribution is -0.120. The van der Waals surface area contributed by atoms with E-state index in [1.807, 2.05) is 35.9 Å². The van der Waals surface area contributed by atoms with Crippen molar-refractivity contribution in [3.63, 3.8) is 0 Å². The molecule has 0 aliphatic heterocycles. The van der Waals surface area contributed by atoms with Gasteiger partial charge in [0, 0.05) is 18.9 Å². The van der Waals surface area contributed by atoms with E-state index in [-0.39, 0.29) is 5.91 Å². The summed E-state index contributed by atoms with van der Waals surface area (Å²) in [6.45, 7) is 2.87. The average Bonchev–Trinajstić information content (AvgIpc) is 2.90. The lowest BCUT2D eigenvalue weighted by atomic mass is 9.91. The van der Waals surface area contributed by atoms with Crippen LogP contribution in [-0.4, -0.2) is 21.8 Å². The number of hydrogen-bond donors (Lipinski definition) is 1. The largest absolute Gasteiger partial charge is 0.355 e. The van der Waals surface area contributed by atoms with Gasteiger partial charge >= 0.3 is 0 Å². The van der Waals surface area contributed by atoms with Crippen molar-refractivity contribution in [1.29, 1.82) is 0 Å². The molecule has 0 atom stereocenters. The Morgan fingerprint density at radius 2 is 2.00 bits per heavy atom. The molecule has 0 spiro atoms. The monoisotopic (exact) mass is 313 g/mol. The number of amides is 1. The van der Waals surface area contributed by atoms with E-state index in [0.717, 1.165) is 23.4 Å². The molecular weight excluding hydrogens is 286 g/mol. The minimum Gasteiger partial charge on any atom is -0.355 e. The molecular formula is C19H27N3O. The zero-order valence-electron chi connectivity index (χ0n) is 14.1. The van der Waals surface area contributed by atoms with Crippen LogP contribution in [-0.2, 0) is 11.2 Å². The molecule has 124 valence electrons. The smallest absolute Gasteiger partial charge is 0.226 e. The van der Waals surface area contributed by atoms with E-state index >= 15 is 0 Å². The normalized spacial score (nSPS) is 16.9. The first kappa shape index (κ1) is 16.0. The highest BCUT2D eigenvalue weighted by Gasteiger charge is 2.14. The number of carbonyl (C=O) groups excluding carboxylic acids is 1. The van der Waals surface area contributed by atoms with E-state index in [4.69, 9.17) is 0 Å². The van der Waals surface area contributed by atoms with Gasteiger partial charge in [0.1, 0.15) is 5.65 Å². The van der Waals surface area contributed by atoms with Gasteiger partial charge in [-0.15, -0.1) is 0 Å². The van der Waals surface area contributed by atoms with Gasteiger partial charge in [0.25, 0.3) is 0 Å². The maximum Gasteiger partial charge on any atom is 0.226 e. The van der Waals surface area contributed by atoms with Crippen molar-refractivity contribution in [2.75, 3.05) is 6.54 Å². The van der Waals surface area contributed by atoms with Crippen LogP contribution in [0.15, 0.2) is 24.5 Å². The van der Waals surface area contributed by atoms with Gasteiger partial charge in [0.15, 0.2) is 0 Å². The number of rotatable bonds is 4. The van der Waals surface area contributed by atoms with E-state index < -0.39 is 0 Å². The Morgan fingerprint density at radius 1 is 1.26 bits per heavy atom. The number of aryl methyl sites for hydroxylation is 1. The Kier molecular flexibility index (Phi) is 5.31. The van der Waals surface area contributed by atoms with Crippen LogP contribution < -0.4 is 5.32 Å². The fourth-order valence-corrected chi connectivity index (χ4v) is 3.52. The second kappa shape index (κ2) is 7.62. The lowest BCUT2D eigenvalue weighted by Gasteiger charge is -2.19. The zero-order valence-corrected chi connectivity index (χ0v) is 14.1. The summed E-state index contributed by atoms with van der Waals surface area (Å²) in [5, 5.41) is 3.12. The maximum absolute atomic E-state index is 12.2. The van der Waals surface area contributed by atoms with Gasteiger partial charge in [-0.2, -0.15) is 0 Å². The summed E-state index contributed by atoms with van der Waals surface area (Å²) < 4.78 is 1.99. The van der Waals surface area contributed by atoms with Gasteiger partial charge in [-0.1, -0.05) is 38.2 Å². The van der Waals surface area contributed by atoms with E-state index in [9.17, 15) is 4.79 Å². The molecule has 0 radical (unpaired) electrons. The van der Waals surface area contributed by atoms with Gasteiger partial charge in [0.05, 0.1) is 12.1 Å². The van der Waals surface area contributed by atoms with Gasteiger partial charge in [-0.25, -0.2) is 4.98 Å². The molecule has 1 fully saturated rings. The molecule has 1 aliphatic rings. The summed E-state index contributed by atoms with van der Waals surface area (Å²) in [5.74, 6) is 0.746. The summed E-state index contributed by atoms with van der Waals surface area (Å²) in [6, 6.07) is 4.04. The number of carbonyl (C=O) groups is 1. The molecule has 1 saturated carbocycles. The fourth-order valence-electron chi connectivity index (χ4n) is 3.52. The van der Waals surface area contributed by atoms with Gasteiger partial charge in [-0.05, 0) is 37.3 Å². The molecule has 0 saturated heterocycles. The Hall–Kier alpha value is -1.84. The first-order valence-corrected chi connectivity index (χ1v) is 8.92. The molecule has 2 aromatic rings. The van der Waals surface area contributed by atoms with E-state index in [2.05, 4.69) is 10.3 Å². The van der Waals surface area contributed by atoms with Crippen LogP contribution in [0.25, 0.3) is 5.65 Å². The molecule has 1 amide bonds. The summed E-state index contributed by atoms with van der Waals surface area (Å²) in [4.78, 5) is 16.8. The van der Waals surface area contributed by atoms with Crippen molar-refractivity contribution in [2.45, 2.75) is 58.3 Å². The molecule has 0 bridgehead atoms. The first-order chi connectivity index (χ1) is 11.2. The van der Waals surface area contributed by atoms with Crippen LogP contribution in [0.4, 0.5) is 0 Å². The maximum atomic E-state index is 12.2. The van der Waals surface area contributed by atoms with Crippen molar-refractivity contribution in [2.24, 2.45) is 5.92 Å². The highest BCUT2D eigenvalue weighted by Crippen LogP contribution is 2.21. The van der Waals surface area contributed by atoms with Gasteiger partial charge in [0.2, 0.25) is 5.91 Å². The molecule has 4 nitrogen and oxygen atoms in total. The highest BCUT2D eigenvalue weighted by atomic mass is 16.1. The quantitative estimate of drug-likeness (QED) is 0.936. The third-order valence-corrected chi connectivity index (χ3v) is 4.88. The van der Waals surface area contributed by atoms with Crippen LogP contribution >= 0.6 is 0 Å². The van der Waals surface area contributed by atoms with Crippen molar-refractivity contribution >= 4 is 11.6 Å². The molecule has 3 rings (SSSR count). The standard InChI is InChI=1S/C19H27N3O/c1-15-8-7-11-22-14-17(21-19(15)22)12-18(23)20-13-16-9-5-3-2-4-6-10-16/h7-8,11,14,16H,2-6,9-10,12-13H2,1H3,(H,20,23). The van der Waals surface area contributed by atoms with Crippen LogP contribution in [0.3, 0.4) is 0 Å². The lowest BCUT2D eigenvalue weighted by Crippen LogP contribution is -2.31. The van der Waals surface area contributed by atoms with Crippen molar-refractivity contribution < 1.29 is 4.79 Å². The fraction of sp³-hybridized carbons (Fsp3) is 0.579. The Morgan fingerprint density at radius 3 is 2.74 bits per heavy atom. The highest BCUT2D eigenvalue weighted by molar-refractivity contribution is 5.78. The molecule has 0 aromatic carbocycles. The van der Waals surface area contributed by atoms with Gasteiger partial charge < -0.3 is 9.72 Å². The van der Waals surface area contributed by atoms with Crippen LogP contribution in [0.5, 0.6) is 0 Å². The van der Waals surface area contributed by atoms with Gasteiger partial charge in [-0.3, -0.25) is 4.79 Å². The van der Waals surface area contributed by atoms with Crippen molar-refractivity contribution in [3.8, 4) is 0 Å². The summed E-state index contributed by atoms with van der Waals surface area (Å²) in [6.07, 6.45) is 13.5. The van der Waals surface area contributed by atoms with E-state index in [1.165, 1.54) is 44.9 Å². The van der Waals surface area contributed by atoms with Crippen LogP contribution in [0.1, 0.15) is 56.2 Å². The number of hydrogen-bond acceptors (Lipinski definition) is 2. The zero-order chi connectivity index (χ0) is 16.1. The second-order valence-electron chi connectivity index (χ2n) is 6.85. The van der Waals surface area contributed by atoms with Crippen LogP contribution in [0.2, 0.25) is 0 Å². The minimum atomic E-state index is 0.0909. The summed E-state index contributed by atoms with van der Waals surface area (Å²) >= 11 is 0. The first-order valence-electron chi connectivity index (χ1n) is 8.92. The SMILES string of the molecule is Cc1cccn2cc(CC(=O)NCC3CCCCCCC3)nc12. The minimum absolute atomic E-state index is 0.0909. The number of pyridine rings is 1. The topological polar surface area (TPSA) is 46.4 Å². The third kappa shape index (κ3) is 4.34. The molecule has 0 unspecified atom stereocenters. The molecule has 1 aliphatic carbocycles. The molecule has 4 heteroatoms. The average molecular weight is 313 g/mol. The molecule has 23 heavy (non-hydrogen) atoms. The predicted molar refractivity (Wildman–Crippen MR) is 92.5 cm³/mol. The summed E-state index contributed by atoms with van der Waals surface area (Å²) in [5.41, 5.74) is 2.92. The van der Waals surface area contributed by atoms with E-state index in [0.29, 0.717) is 12.3 Å². The molecule has 2 heterocycles. The Labute approximate surface area is 138 Å². The number of nitrogens with zero attached hydrogens (tertiary/aromatic N) is 2. The summed E-state index contributed by atoms with van der Waals surface area (Å²) in [7, 11) is 0. The second-order valence-corrected chi connectivity index (χ2v) is 6.85. The molecule has 1 N–H and O–H groups in total. The third-order valence-electron chi connectivity index (χ3n) is 4.88. The van der Waals surface area contributed by atoms with Crippen molar-refractivity contribution in [3.05, 3.63) is 35.8 Å². The van der Waals surface area contributed by atoms with E-state index in [1.54, 1.807) is 0 Å². The number of aromatic nitrogens is 2. The molecule has 2 aromatic heterocycles.